The fourth-order valence-corrected chi connectivity index (χ4v) is 9.93. The first-order valence-electron chi connectivity index (χ1n) is 26.2. The number of nitrogens with two attached hydrogens (primary N) is 2. The molecule has 2 fully saturated rings. The van der Waals surface area contributed by atoms with Crippen molar-refractivity contribution in [3.8, 4) is 5.75 Å². The molecule has 8 rings (SSSR count). The van der Waals surface area contributed by atoms with E-state index in [4.69, 9.17) is 20.9 Å². The Kier molecular flexibility index (Phi) is 19.2. The SMILES string of the molecule is NCCCC[C@@H]1NC(=O)[C@@H](Cc2c[nH]c3ccccc23)NC(=O)[C@H](c2ccccc2)NC(=O)[C@@H]2C[C@@H](OC(=O)NCCN)CN2C(=O)[C@H](Cc2ccccc2)CC(=O)C(Cc2ccc(OCc3ccccc3)cc2)NC1=O. The Labute approximate surface area is 447 Å². The molecule has 3 heterocycles. The van der Waals surface area contributed by atoms with Crippen molar-refractivity contribution in [3.05, 3.63) is 174 Å². The second-order valence-corrected chi connectivity index (χ2v) is 19.5. The highest BCUT2D eigenvalue weighted by atomic mass is 16.6. The summed E-state index contributed by atoms with van der Waals surface area (Å²) >= 11 is 0. The molecule has 2 aliphatic heterocycles. The van der Waals surface area contributed by atoms with Gasteiger partial charge in [-0.15, -0.1) is 0 Å². The number of alkyl carbamates (subject to hydrolysis) is 1. The van der Waals surface area contributed by atoms with Crippen LogP contribution in [0.5, 0.6) is 5.75 Å². The predicted molar refractivity (Wildman–Crippen MR) is 290 cm³/mol. The number of Topliss-reactive ketones (excluding diaryl/α,β-unsaturated/α-hetero) is 1. The molecule has 5 aromatic carbocycles. The quantitative estimate of drug-likeness (QED) is 0.0591. The van der Waals surface area contributed by atoms with Gasteiger partial charge in [-0.05, 0) is 84.7 Å². The number of rotatable bonds is 17. The number of H-pyrrole nitrogens is 1. The number of carbonyl (C=O) groups is 7. The zero-order valence-corrected chi connectivity index (χ0v) is 42.9. The van der Waals surface area contributed by atoms with Gasteiger partial charge in [0, 0.05) is 55.4 Å². The van der Waals surface area contributed by atoms with Crippen LogP contribution in [0.15, 0.2) is 146 Å². The molecule has 77 heavy (non-hydrogen) atoms. The first-order valence-corrected chi connectivity index (χ1v) is 26.2. The lowest BCUT2D eigenvalue weighted by atomic mass is 9.89. The predicted octanol–water partition coefficient (Wildman–Crippen LogP) is 4.46. The second-order valence-electron chi connectivity index (χ2n) is 19.5. The fraction of sp³-hybridized carbons (Fsp3) is 0.339. The van der Waals surface area contributed by atoms with Crippen LogP contribution in [0.2, 0.25) is 0 Å². The number of hydrogen-bond acceptors (Lipinski definition) is 11. The molecule has 0 bridgehead atoms. The fourth-order valence-electron chi connectivity index (χ4n) is 9.93. The molecule has 2 saturated heterocycles. The van der Waals surface area contributed by atoms with Gasteiger partial charge in [-0.3, -0.25) is 28.8 Å². The monoisotopic (exact) mass is 1050 g/mol. The van der Waals surface area contributed by atoms with E-state index in [9.17, 15) is 24.0 Å². The molecule has 7 atom stereocenters. The van der Waals surface area contributed by atoms with Crippen molar-refractivity contribution in [3.63, 3.8) is 0 Å². The summed E-state index contributed by atoms with van der Waals surface area (Å²) in [5.41, 5.74) is 15.8. The zero-order chi connectivity index (χ0) is 54.1. The molecule has 0 spiro atoms. The van der Waals surface area contributed by atoms with Crippen molar-refractivity contribution in [1.82, 2.24) is 36.5 Å². The Balaban J connectivity index is 1.19. The van der Waals surface area contributed by atoms with E-state index in [1.54, 1.807) is 60.8 Å². The van der Waals surface area contributed by atoms with E-state index in [1.807, 2.05) is 84.9 Å². The summed E-state index contributed by atoms with van der Waals surface area (Å²) in [6.07, 6.45) is 0.583. The number of aromatic nitrogens is 1. The van der Waals surface area contributed by atoms with Crippen molar-refractivity contribution < 1.29 is 43.0 Å². The lowest BCUT2D eigenvalue weighted by Gasteiger charge is -2.31. The third-order valence-electron chi connectivity index (χ3n) is 14.0. The highest BCUT2D eigenvalue weighted by molar-refractivity contribution is 5.99. The number of ketones is 1. The summed E-state index contributed by atoms with van der Waals surface area (Å²) in [5, 5.41) is 15.1. The second kappa shape index (κ2) is 26.9. The molecule has 18 heteroatoms. The molecular weight excluding hydrogens is 979 g/mol. The zero-order valence-electron chi connectivity index (χ0n) is 42.9. The highest BCUT2D eigenvalue weighted by Crippen LogP contribution is 2.29. The number of amides is 6. The Hall–Kier alpha value is -8.35. The molecular formula is C59H67N9O9. The lowest BCUT2D eigenvalue weighted by Crippen LogP contribution is -2.58. The topological polar surface area (TPSA) is 269 Å². The van der Waals surface area contributed by atoms with Gasteiger partial charge in [-0.25, -0.2) is 4.79 Å². The van der Waals surface area contributed by atoms with Gasteiger partial charge in [0.15, 0.2) is 5.78 Å². The van der Waals surface area contributed by atoms with Gasteiger partial charge >= 0.3 is 6.09 Å². The number of nitrogens with zero attached hydrogens (tertiary/aromatic N) is 1. The summed E-state index contributed by atoms with van der Waals surface area (Å²) < 4.78 is 11.8. The van der Waals surface area contributed by atoms with Crippen LogP contribution in [0.25, 0.3) is 10.9 Å². The maximum absolute atomic E-state index is 15.4. The average Bonchev–Trinajstić information content (AvgIpc) is 4.08. The van der Waals surface area contributed by atoms with Gasteiger partial charge in [-0.1, -0.05) is 121 Å². The average molecular weight is 1050 g/mol. The minimum absolute atomic E-state index is 0.00193. The van der Waals surface area contributed by atoms with Crippen molar-refractivity contribution in [2.75, 3.05) is 26.2 Å². The molecule has 402 valence electrons. The number of fused-ring (bicyclic) bond motifs is 2. The van der Waals surface area contributed by atoms with Gasteiger partial charge in [0.25, 0.3) is 0 Å². The van der Waals surface area contributed by atoms with Crippen LogP contribution in [-0.2, 0) is 59.4 Å². The van der Waals surface area contributed by atoms with E-state index in [2.05, 4.69) is 31.6 Å². The minimum atomic E-state index is -1.40. The molecule has 1 aromatic heterocycles. The van der Waals surface area contributed by atoms with E-state index in [1.165, 1.54) is 4.90 Å². The van der Waals surface area contributed by atoms with Gasteiger partial charge in [0.2, 0.25) is 29.5 Å². The molecule has 10 N–H and O–H groups in total. The van der Waals surface area contributed by atoms with E-state index >= 15 is 9.59 Å². The van der Waals surface area contributed by atoms with Gasteiger partial charge in [0.05, 0.1) is 12.6 Å². The maximum atomic E-state index is 15.4. The van der Waals surface area contributed by atoms with E-state index in [0.717, 1.165) is 22.0 Å². The molecule has 2 aliphatic rings. The summed E-state index contributed by atoms with van der Waals surface area (Å²) in [5.74, 6) is -4.38. The van der Waals surface area contributed by atoms with Crippen LogP contribution < -0.4 is 42.8 Å². The number of para-hydroxylation sites is 1. The number of hydrogen-bond donors (Lipinski definition) is 8. The van der Waals surface area contributed by atoms with Crippen molar-refractivity contribution in [2.45, 2.75) is 94.3 Å². The number of carbonyl (C=O) groups excluding carboxylic acids is 7. The number of unbranched alkanes of at least 4 members (excludes halogenated alkanes) is 1. The molecule has 0 radical (unpaired) electrons. The largest absolute Gasteiger partial charge is 0.489 e. The third kappa shape index (κ3) is 15.0. The Morgan fingerprint density at radius 2 is 1.26 bits per heavy atom. The van der Waals surface area contributed by atoms with Crippen LogP contribution in [0.1, 0.15) is 66.0 Å². The number of aromatic amines is 1. The Morgan fingerprint density at radius 1 is 0.623 bits per heavy atom. The van der Waals surface area contributed by atoms with Crippen LogP contribution in [0.3, 0.4) is 0 Å². The number of ether oxygens (including phenoxy) is 2. The number of nitrogens with one attached hydrogen (secondary N) is 6. The van der Waals surface area contributed by atoms with Gasteiger partial charge in [-0.2, -0.15) is 0 Å². The van der Waals surface area contributed by atoms with Gasteiger partial charge in [0.1, 0.15) is 42.6 Å². The molecule has 18 nitrogen and oxygen atoms in total. The maximum Gasteiger partial charge on any atom is 0.407 e. The first kappa shape index (κ1) is 54.9. The van der Waals surface area contributed by atoms with E-state index in [-0.39, 0.29) is 58.2 Å². The van der Waals surface area contributed by atoms with Crippen LogP contribution in [0.4, 0.5) is 4.79 Å². The summed E-state index contributed by atoms with van der Waals surface area (Å²) in [4.78, 5) is 108. The molecule has 6 aromatic rings. The van der Waals surface area contributed by atoms with Crippen molar-refractivity contribution in [1.29, 1.82) is 0 Å². The lowest BCUT2D eigenvalue weighted by molar-refractivity contribution is -0.144. The minimum Gasteiger partial charge on any atom is -0.489 e. The highest BCUT2D eigenvalue weighted by Gasteiger charge is 2.45. The normalized spacial score (nSPS) is 21.7. The van der Waals surface area contributed by atoms with Crippen molar-refractivity contribution >= 4 is 52.3 Å². The van der Waals surface area contributed by atoms with E-state index < -0.39 is 83.6 Å². The molecule has 0 saturated carbocycles. The van der Waals surface area contributed by atoms with Crippen LogP contribution in [0, 0.1) is 5.92 Å². The summed E-state index contributed by atoms with van der Waals surface area (Å²) in [6.45, 7) is 0.696. The van der Waals surface area contributed by atoms with Crippen LogP contribution in [-0.4, -0.2) is 108 Å². The van der Waals surface area contributed by atoms with Crippen LogP contribution >= 0.6 is 0 Å². The molecule has 6 amide bonds. The first-order chi connectivity index (χ1) is 37.5. The third-order valence-corrected chi connectivity index (χ3v) is 14.0. The Morgan fingerprint density at radius 3 is 1.97 bits per heavy atom. The van der Waals surface area contributed by atoms with Crippen molar-refractivity contribution in [2.24, 2.45) is 17.4 Å². The Bertz CT molecular complexity index is 2960. The number of benzene rings is 5. The molecule has 0 aliphatic carbocycles. The standard InChI is InChI=1S/C59H67N9O9/c60-27-13-12-22-48-54(70)65-49(31-39-23-25-44(26-24-39)76-37-40-16-6-2-7-17-40)52(69)33-42(30-38-14-4-1-5-15-38)58(74)68-36-45(77-59(75)62-29-28-61)34-51(68)56(72)67-53(41-18-8-3-9-19-41)57(73)66-50(55(71)64-48)32-43-35-63-47-21-11-10-20-46(43)47/h1-11,14-21,23-26,35,42,45,48-51,53,63H,12-13,22,27-34,36-37,60-61H2,(H,62,75)(H,64,71)(H,65,70)(H,66,73)(H,67,72)/t42-,45-,48+,49?,50-,51+,53+/m1/s1. The van der Waals surface area contributed by atoms with Gasteiger partial charge < -0.3 is 57.4 Å². The summed E-state index contributed by atoms with van der Waals surface area (Å²) in [6, 6.07) is 35.5. The summed E-state index contributed by atoms with van der Waals surface area (Å²) in [7, 11) is 0. The van der Waals surface area contributed by atoms with E-state index in [0.29, 0.717) is 48.4 Å². The molecule has 1 unspecified atom stereocenters. The smallest absolute Gasteiger partial charge is 0.407 e.